The molecule has 122 valence electrons. The van der Waals surface area contributed by atoms with Crippen LogP contribution in [-0.2, 0) is 23.7 Å². The zero-order valence-corrected chi connectivity index (χ0v) is 13.4. The van der Waals surface area contributed by atoms with Crippen LogP contribution in [-0.4, -0.2) is 65.6 Å². The van der Waals surface area contributed by atoms with E-state index in [-0.39, 0.29) is 6.10 Å². The topological polar surface area (TPSA) is 46.2 Å². The van der Waals surface area contributed by atoms with Gasteiger partial charge >= 0.3 is 0 Å². The molecule has 0 fully saturated rings. The van der Waals surface area contributed by atoms with Gasteiger partial charge in [-0.1, -0.05) is 13.3 Å². The summed E-state index contributed by atoms with van der Waals surface area (Å²) in [5.74, 6) is 0. The van der Waals surface area contributed by atoms with Crippen LogP contribution in [0.1, 0.15) is 33.6 Å². The van der Waals surface area contributed by atoms with Crippen molar-refractivity contribution in [1.82, 2.24) is 0 Å². The van der Waals surface area contributed by atoms with Crippen molar-refractivity contribution in [3.63, 3.8) is 0 Å². The molecule has 0 aliphatic carbocycles. The molecule has 0 aromatic carbocycles. The van der Waals surface area contributed by atoms with Gasteiger partial charge in [0.1, 0.15) is 0 Å². The highest BCUT2D eigenvalue weighted by Gasteiger charge is 1.94. The van der Waals surface area contributed by atoms with E-state index in [1.54, 1.807) is 0 Å². The van der Waals surface area contributed by atoms with Crippen molar-refractivity contribution in [1.29, 1.82) is 0 Å². The molecule has 0 saturated heterocycles. The van der Waals surface area contributed by atoms with Crippen LogP contribution < -0.4 is 0 Å². The molecule has 0 N–H and O–H groups in total. The quantitative estimate of drug-likeness (QED) is 0.408. The third-order valence-corrected chi connectivity index (χ3v) is 2.44. The summed E-state index contributed by atoms with van der Waals surface area (Å²) in [5, 5.41) is 0. The summed E-state index contributed by atoms with van der Waals surface area (Å²) < 4.78 is 26.8. The first-order chi connectivity index (χ1) is 9.77. The van der Waals surface area contributed by atoms with Crippen LogP contribution in [0, 0.1) is 0 Å². The van der Waals surface area contributed by atoms with Gasteiger partial charge in [-0.15, -0.1) is 0 Å². The van der Waals surface area contributed by atoms with Crippen LogP contribution in [0.25, 0.3) is 0 Å². The molecule has 0 heterocycles. The Bertz CT molecular complexity index is 176. The molecule has 20 heavy (non-hydrogen) atoms. The van der Waals surface area contributed by atoms with Gasteiger partial charge in [0.15, 0.2) is 0 Å². The summed E-state index contributed by atoms with van der Waals surface area (Å²) in [4.78, 5) is 0. The number of hydrogen-bond acceptors (Lipinski definition) is 5. The standard InChI is InChI=1S/C15H32O5/c1-4-5-6-16-7-8-17-9-10-18-11-12-19-13-14-20-15(2)3/h15H,4-14H2,1-3H3. The van der Waals surface area contributed by atoms with Crippen molar-refractivity contribution in [2.75, 3.05) is 59.5 Å². The zero-order valence-electron chi connectivity index (χ0n) is 13.4. The summed E-state index contributed by atoms with van der Waals surface area (Å²) in [5.41, 5.74) is 0. The van der Waals surface area contributed by atoms with Crippen molar-refractivity contribution in [3.8, 4) is 0 Å². The van der Waals surface area contributed by atoms with E-state index < -0.39 is 0 Å². The van der Waals surface area contributed by atoms with Crippen LogP contribution >= 0.6 is 0 Å². The van der Waals surface area contributed by atoms with E-state index in [2.05, 4.69) is 6.92 Å². The smallest absolute Gasteiger partial charge is 0.0703 e. The molecular formula is C15H32O5. The van der Waals surface area contributed by atoms with E-state index in [1.807, 2.05) is 13.8 Å². The summed E-state index contributed by atoms with van der Waals surface area (Å²) in [7, 11) is 0. The second-order valence-electron chi connectivity index (χ2n) is 4.72. The molecule has 0 aromatic heterocycles. The second kappa shape index (κ2) is 16.9. The largest absolute Gasteiger partial charge is 0.379 e. The third kappa shape index (κ3) is 17.8. The molecule has 0 radical (unpaired) electrons. The molecule has 0 amide bonds. The van der Waals surface area contributed by atoms with Gasteiger partial charge in [0.2, 0.25) is 0 Å². The van der Waals surface area contributed by atoms with E-state index in [0.717, 1.165) is 13.0 Å². The van der Waals surface area contributed by atoms with Crippen LogP contribution in [0.5, 0.6) is 0 Å². The average molecular weight is 292 g/mol. The number of hydrogen-bond donors (Lipinski definition) is 0. The third-order valence-electron chi connectivity index (χ3n) is 2.44. The Balaban J connectivity index is 2.92. The van der Waals surface area contributed by atoms with Crippen molar-refractivity contribution >= 4 is 0 Å². The maximum atomic E-state index is 5.38. The molecule has 0 aliphatic heterocycles. The first-order valence-electron chi connectivity index (χ1n) is 7.70. The average Bonchev–Trinajstić information content (AvgIpc) is 2.43. The summed E-state index contributed by atoms with van der Waals surface area (Å²) in [6, 6.07) is 0. The normalized spacial score (nSPS) is 11.4. The summed E-state index contributed by atoms with van der Waals surface area (Å²) >= 11 is 0. The lowest BCUT2D eigenvalue weighted by molar-refractivity contribution is -0.0176. The van der Waals surface area contributed by atoms with E-state index in [0.29, 0.717) is 52.9 Å². The molecule has 0 rings (SSSR count). The molecule has 0 unspecified atom stereocenters. The molecule has 0 aliphatic rings. The van der Waals surface area contributed by atoms with Crippen LogP contribution in [0.3, 0.4) is 0 Å². The fourth-order valence-electron chi connectivity index (χ4n) is 1.35. The van der Waals surface area contributed by atoms with Crippen molar-refractivity contribution in [2.45, 2.75) is 39.7 Å². The molecular weight excluding hydrogens is 260 g/mol. The van der Waals surface area contributed by atoms with Gasteiger partial charge in [0.25, 0.3) is 0 Å². The Hall–Kier alpha value is -0.200. The molecule has 5 nitrogen and oxygen atoms in total. The first-order valence-corrected chi connectivity index (χ1v) is 7.70. The van der Waals surface area contributed by atoms with Crippen LogP contribution in [0.4, 0.5) is 0 Å². The minimum Gasteiger partial charge on any atom is -0.379 e. The lowest BCUT2D eigenvalue weighted by Crippen LogP contribution is -2.14. The Morgan fingerprint density at radius 3 is 1.40 bits per heavy atom. The van der Waals surface area contributed by atoms with Gasteiger partial charge in [0.05, 0.1) is 59.0 Å². The highest BCUT2D eigenvalue weighted by atomic mass is 16.6. The van der Waals surface area contributed by atoms with Crippen molar-refractivity contribution < 1.29 is 23.7 Å². The maximum absolute atomic E-state index is 5.38. The van der Waals surface area contributed by atoms with Crippen molar-refractivity contribution in [2.24, 2.45) is 0 Å². The highest BCUT2D eigenvalue weighted by molar-refractivity contribution is 4.38. The Morgan fingerprint density at radius 1 is 0.600 bits per heavy atom. The van der Waals surface area contributed by atoms with Gasteiger partial charge in [-0.05, 0) is 20.3 Å². The van der Waals surface area contributed by atoms with Gasteiger partial charge in [-0.25, -0.2) is 0 Å². The number of ether oxygens (including phenoxy) is 5. The van der Waals surface area contributed by atoms with Gasteiger partial charge < -0.3 is 23.7 Å². The van der Waals surface area contributed by atoms with Crippen molar-refractivity contribution in [3.05, 3.63) is 0 Å². The van der Waals surface area contributed by atoms with Crippen LogP contribution in [0.15, 0.2) is 0 Å². The molecule has 0 aromatic rings. The minimum atomic E-state index is 0.262. The fourth-order valence-corrected chi connectivity index (χ4v) is 1.35. The monoisotopic (exact) mass is 292 g/mol. The molecule has 0 spiro atoms. The Morgan fingerprint density at radius 2 is 1.00 bits per heavy atom. The van der Waals surface area contributed by atoms with E-state index in [9.17, 15) is 0 Å². The number of rotatable bonds is 16. The van der Waals surface area contributed by atoms with E-state index >= 15 is 0 Å². The van der Waals surface area contributed by atoms with Gasteiger partial charge in [-0.3, -0.25) is 0 Å². The zero-order chi connectivity index (χ0) is 14.9. The summed E-state index contributed by atoms with van der Waals surface area (Å²) in [6.45, 7) is 12.0. The molecule has 0 atom stereocenters. The Labute approximate surface area is 123 Å². The Kier molecular flexibility index (Phi) is 16.7. The molecule has 5 heteroatoms. The van der Waals surface area contributed by atoms with Gasteiger partial charge in [-0.2, -0.15) is 0 Å². The number of unbranched alkanes of at least 4 members (excludes halogenated alkanes) is 1. The predicted molar refractivity (Wildman–Crippen MR) is 79.3 cm³/mol. The second-order valence-corrected chi connectivity index (χ2v) is 4.72. The fraction of sp³-hybridized carbons (Fsp3) is 1.00. The van der Waals surface area contributed by atoms with E-state index in [1.165, 1.54) is 6.42 Å². The lowest BCUT2D eigenvalue weighted by Gasteiger charge is -2.09. The van der Waals surface area contributed by atoms with Gasteiger partial charge in [0, 0.05) is 6.61 Å². The SMILES string of the molecule is CCCCOCCOCCOCCOCCOC(C)C. The molecule has 0 saturated carbocycles. The molecule has 0 bridgehead atoms. The highest BCUT2D eigenvalue weighted by Crippen LogP contribution is 1.89. The lowest BCUT2D eigenvalue weighted by atomic mass is 10.4. The minimum absolute atomic E-state index is 0.262. The van der Waals surface area contributed by atoms with E-state index in [4.69, 9.17) is 23.7 Å². The van der Waals surface area contributed by atoms with Crippen LogP contribution in [0.2, 0.25) is 0 Å². The first kappa shape index (κ1) is 19.8. The maximum Gasteiger partial charge on any atom is 0.0703 e. The summed E-state index contributed by atoms with van der Waals surface area (Å²) in [6.07, 6.45) is 2.55. The predicted octanol–water partition coefficient (Wildman–Crippen LogP) is 2.28.